The fourth-order valence-corrected chi connectivity index (χ4v) is 7.22. The zero-order chi connectivity index (χ0) is 26.5. The summed E-state index contributed by atoms with van der Waals surface area (Å²) in [7, 11) is 0.185. The van der Waals surface area contributed by atoms with E-state index in [0.717, 1.165) is 22.2 Å². The van der Waals surface area contributed by atoms with Crippen molar-refractivity contribution in [2.24, 2.45) is 7.05 Å². The van der Waals surface area contributed by atoms with Gasteiger partial charge in [-0.3, -0.25) is 4.79 Å². The van der Waals surface area contributed by atoms with Crippen LogP contribution in [0.25, 0.3) is 10.9 Å². The summed E-state index contributed by atoms with van der Waals surface area (Å²) in [4.78, 5) is 15.4. The molecule has 0 unspecified atom stereocenters. The molecular formula is C27H32FN3O5S. The number of carbonyl (C=O) groups is 1. The maximum absolute atomic E-state index is 13.8. The van der Waals surface area contributed by atoms with Crippen LogP contribution < -0.4 is 4.74 Å². The second-order valence-electron chi connectivity index (χ2n) is 9.92. The fraction of sp³-hybridized carbons (Fsp3) is 0.444. The second kappa shape index (κ2) is 9.41. The number of halogens is 1. The molecule has 0 saturated carbocycles. The number of hydrogen-bond donors (Lipinski definition) is 1. The van der Waals surface area contributed by atoms with E-state index in [1.54, 1.807) is 18.9 Å². The molecule has 1 fully saturated rings. The van der Waals surface area contributed by atoms with Crippen molar-refractivity contribution in [1.82, 2.24) is 13.8 Å². The topological polar surface area (TPSA) is 92.1 Å². The van der Waals surface area contributed by atoms with Gasteiger partial charge in [-0.05, 0) is 61.7 Å². The average Bonchev–Trinajstić information content (AvgIpc) is 3.21. The first kappa shape index (κ1) is 25.7. The van der Waals surface area contributed by atoms with Crippen molar-refractivity contribution >= 4 is 26.8 Å². The maximum Gasteiger partial charge on any atom is 0.254 e. The number of sulfonamides is 1. The highest BCUT2D eigenvalue weighted by atomic mass is 32.2. The number of amides is 1. The number of fused-ring (bicyclic) bond motifs is 4. The zero-order valence-electron chi connectivity index (χ0n) is 21.3. The van der Waals surface area contributed by atoms with Crippen molar-refractivity contribution in [2.45, 2.75) is 31.2 Å². The number of benzene rings is 2. The molecule has 37 heavy (non-hydrogen) atoms. The minimum Gasteiger partial charge on any atom is -0.497 e. The van der Waals surface area contributed by atoms with Crippen LogP contribution in [0.4, 0.5) is 4.39 Å². The van der Waals surface area contributed by atoms with Gasteiger partial charge >= 0.3 is 0 Å². The zero-order valence-corrected chi connectivity index (χ0v) is 22.1. The van der Waals surface area contributed by atoms with Gasteiger partial charge in [0.15, 0.2) is 0 Å². The lowest BCUT2D eigenvalue weighted by Gasteiger charge is -2.50. The van der Waals surface area contributed by atoms with Gasteiger partial charge in [-0.2, -0.15) is 0 Å². The molecule has 1 amide bonds. The van der Waals surface area contributed by atoms with Crippen LogP contribution in [0.15, 0.2) is 42.5 Å². The monoisotopic (exact) mass is 529 g/mol. The average molecular weight is 530 g/mol. The Hall–Kier alpha value is -2.95. The van der Waals surface area contributed by atoms with Gasteiger partial charge in [0, 0.05) is 54.8 Å². The highest BCUT2D eigenvalue weighted by Gasteiger charge is 2.50. The molecule has 1 spiro atoms. The molecule has 198 valence electrons. The standard InChI is InChI=1S/C27H32FN3O5S/c1-4-37(34,35)30-13-11-27(12-14-30)17-31(26(33)18-5-7-19(28)8-6-18)23(16-32)25-24(27)21-10-9-20(36-3)15-22(21)29(25)2/h5-10,15,23,32H,4,11-14,16-17H2,1-3H3/t23-/m1/s1. The third-order valence-corrected chi connectivity index (χ3v) is 9.99. The van der Waals surface area contributed by atoms with E-state index >= 15 is 0 Å². The van der Waals surface area contributed by atoms with Gasteiger partial charge in [0.1, 0.15) is 11.6 Å². The van der Waals surface area contributed by atoms with Crippen LogP contribution >= 0.6 is 0 Å². The smallest absolute Gasteiger partial charge is 0.254 e. The molecule has 1 saturated heterocycles. The summed E-state index contributed by atoms with van der Waals surface area (Å²) in [5, 5.41) is 11.6. The van der Waals surface area contributed by atoms with Crippen molar-refractivity contribution in [3.05, 3.63) is 65.1 Å². The number of nitrogens with zero attached hydrogens (tertiary/aromatic N) is 3. The SMILES string of the molecule is CCS(=O)(=O)N1CCC2(CC1)CN(C(=O)c1ccc(F)cc1)[C@H](CO)c1c2c2ccc(OC)cc2n1C. The number of aliphatic hydroxyl groups is 1. The van der Waals surface area contributed by atoms with Gasteiger partial charge in [0.05, 0.1) is 31.0 Å². The molecule has 3 aromatic rings. The van der Waals surface area contributed by atoms with Gasteiger partial charge < -0.3 is 19.3 Å². The summed E-state index contributed by atoms with van der Waals surface area (Å²) in [6, 6.07) is 10.7. The lowest BCUT2D eigenvalue weighted by Crippen LogP contribution is -2.56. The van der Waals surface area contributed by atoms with E-state index < -0.39 is 27.3 Å². The predicted molar refractivity (Wildman–Crippen MR) is 139 cm³/mol. The number of rotatable bonds is 5. The van der Waals surface area contributed by atoms with Crippen LogP contribution in [0.5, 0.6) is 5.75 Å². The number of ether oxygens (including phenoxy) is 1. The number of hydrogen-bond acceptors (Lipinski definition) is 5. The van der Waals surface area contributed by atoms with Gasteiger partial charge in [-0.25, -0.2) is 17.1 Å². The summed E-state index contributed by atoms with van der Waals surface area (Å²) in [5.41, 5.74) is 2.64. The van der Waals surface area contributed by atoms with Crippen LogP contribution in [0.3, 0.4) is 0 Å². The Morgan fingerprint density at radius 1 is 1.16 bits per heavy atom. The summed E-state index contributed by atoms with van der Waals surface area (Å²) in [5.74, 6) is 0.0135. The normalized spacial score (nSPS) is 19.8. The maximum atomic E-state index is 13.8. The highest BCUT2D eigenvalue weighted by Crippen LogP contribution is 2.50. The number of aryl methyl sites for hydroxylation is 1. The summed E-state index contributed by atoms with van der Waals surface area (Å²) in [6.07, 6.45) is 1.07. The van der Waals surface area contributed by atoms with Crippen molar-refractivity contribution in [3.8, 4) is 5.75 Å². The summed E-state index contributed by atoms with van der Waals surface area (Å²) < 4.78 is 47.8. The molecule has 3 heterocycles. The lowest BCUT2D eigenvalue weighted by atomic mass is 9.68. The van der Waals surface area contributed by atoms with E-state index in [1.807, 2.05) is 29.8 Å². The first-order chi connectivity index (χ1) is 17.7. The quantitative estimate of drug-likeness (QED) is 0.548. The molecule has 0 aliphatic carbocycles. The van der Waals surface area contributed by atoms with Crippen LogP contribution in [0.2, 0.25) is 0 Å². The molecule has 5 rings (SSSR count). The number of piperidine rings is 1. The number of carbonyl (C=O) groups excluding carboxylic acids is 1. The molecule has 0 radical (unpaired) electrons. The van der Waals surface area contributed by atoms with Gasteiger partial charge in [-0.1, -0.05) is 0 Å². The van der Waals surface area contributed by atoms with Crippen molar-refractivity contribution in [2.75, 3.05) is 39.1 Å². The third kappa shape index (κ3) is 4.11. The number of aliphatic hydroxyl groups excluding tert-OH is 1. The Kier molecular flexibility index (Phi) is 6.54. The first-order valence-corrected chi connectivity index (χ1v) is 14.1. The fourth-order valence-electron chi connectivity index (χ4n) is 6.11. The van der Waals surface area contributed by atoms with Crippen LogP contribution in [0, 0.1) is 5.82 Å². The van der Waals surface area contributed by atoms with E-state index in [-0.39, 0.29) is 18.3 Å². The van der Waals surface area contributed by atoms with E-state index in [2.05, 4.69) is 0 Å². The Morgan fingerprint density at radius 2 is 1.84 bits per heavy atom. The summed E-state index contributed by atoms with van der Waals surface area (Å²) in [6.45, 7) is 2.39. The van der Waals surface area contributed by atoms with Crippen LogP contribution in [-0.2, 0) is 22.5 Å². The number of aromatic nitrogens is 1. The Morgan fingerprint density at radius 3 is 2.43 bits per heavy atom. The van der Waals surface area contributed by atoms with Gasteiger partial charge in [0.25, 0.3) is 5.91 Å². The van der Waals surface area contributed by atoms with Crippen molar-refractivity contribution in [1.29, 1.82) is 0 Å². The molecule has 1 N–H and O–H groups in total. The van der Waals surface area contributed by atoms with E-state index in [1.165, 1.54) is 28.6 Å². The van der Waals surface area contributed by atoms with Crippen LogP contribution in [0.1, 0.15) is 47.4 Å². The van der Waals surface area contributed by atoms with Crippen LogP contribution in [-0.4, -0.2) is 72.3 Å². The molecule has 0 bridgehead atoms. The van der Waals surface area contributed by atoms with E-state index in [0.29, 0.717) is 43.8 Å². The molecule has 1 aromatic heterocycles. The largest absolute Gasteiger partial charge is 0.497 e. The van der Waals surface area contributed by atoms with E-state index in [4.69, 9.17) is 4.74 Å². The predicted octanol–water partition coefficient (Wildman–Crippen LogP) is 3.20. The van der Waals surface area contributed by atoms with Gasteiger partial charge in [-0.15, -0.1) is 0 Å². The molecule has 1 atom stereocenters. The Balaban J connectivity index is 1.68. The Bertz CT molecular complexity index is 1440. The van der Waals surface area contributed by atoms with Crippen molar-refractivity contribution in [3.63, 3.8) is 0 Å². The van der Waals surface area contributed by atoms with Gasteiger partial charge in [0.2, 0.25) is 10.0 Å². The summed E-state index contributed by atoms with van der Waals surface area (Å²) >= 11 is 0. The Labute approximate surface area is 216 Å². The third-order valence-electron chi connectivity index (χ3n) is 8.11. The molecule has 10 heteroatoms. The van der Waals surface area contributed by atoms with Crippen molar-refractivity contribution < 1.29 is 27.4 Å². The van der Waals surface area contributed by atoms with E-state index in [9.17, 15) is 22.7 Å². The molecule has 2 aliphatic rings. The highest BCUT2D eigenvalue weighted by molar-refractivity contribution is 7.89. The minimum atomic E-state index is -3.34. The molecule has 8 nitrogen and oxygen atoms in total. The molecule has 2 aliphatic heterocycles. The lowest BCUT2D eigenvalue weighted by molar-refractivity contribution is 0.0378. The number of methoxy groups -OCH3 is 1. The molecular weight excluding hydrogens is 497 g/mol. The first-order valence-electron chi connectivity index (χ1n) is 12.5. The minimum absolute atomic E-state index is 0.0427. The second-order valence-corrected chi connectivity index (χ2v) is 12.2. The molecule has 2 aromatic carbocycles.